The molecule has 2 aromatic rings. The molecule has 0 fully saturated rings. The number of rotatable bonds is 14. The lowest BCUT2D eigenvalue weighted by Crippen LogP contribution is -2.49. The van der Waals surface area contributed by atoms with Gasteiger partial charge in [0.2, 0.25) is 21.8 Å². The number of carbonyl (C=O) groups is 2. The molecule has 0 unspecified atom stereocenters. The predicted molar refractivity (Wildman–Crippen MR) is 147 cm³/mol. The lowest BCUT2D eigenvalue weighted by molar-refractivity contribution is -0.141. The highest BCUT2D eigenvalue weighted by atomic mass is 35.5. The SMILES string of the molecule is CCCCNC(=O)[C@H](CC)N(Cc1ccccc1Cl)C(=O)CCCN(c1cccc(C(F)(F)F)c1)S(C)(=O)=O. The first-order chi connectivity index (χ1) is 18.3. The summed E-state index contributed by atoms with van der Waals surface area (Å²) < 4.78 is 65.3. The summed E-state index contributed by atoms with van der Waals surface area (Å²) in [4.78, 5) is 27.8. The second-order valence-corrected chi connectivity index (χ2v) is 11.5. The van der Waals surface area contributed by atoms with E-state index < -0.39 is 33.7 Å². The number of hydrogen-bond acceptors (Lipinski definition) is 4. The van der Waals surface area contributed by atoms with Gasteiger partial charge in [0.05, 0.1) is 17.5 Å². The second kappa shape index (κ2) is 14.6. The fourth-order valence-corrected chi connectivity index (χ4v) is 5.23. The quantitative estimate of drug-likeness (QED) is 0.289. The number of benzene rings is 2. The number of carbonyl (C=O) groups excluding carboxylic acids is 2. The molecule has 0 aliphatic heterocycles. The Morgan fingerprint density at radius 2 is 1.74 bits per heavy atom. The van der Waals surface area contributed by atoms with Crippen LogP contribution < -0.4 is 9.62 Å². The highest BCUT2D eigenvalue weighted by Crippen LogP contribution is 2.32. The van der Waals surface area contributed by atoms with Crippen molar-refractivity contribution in [1.82, 2.24) is 10.2 Å². The van der Waals surface area contributed by atoms with Gasteiger partial charge < -0.3 is 10.2 Å². The Balaban J connectivity index is 2.25. The molecule has 1 N–H and O–H groups in total. The molecule has 2 amide bonds. The molecule has 0 bridgehead atoms. The summed E-state index contributed by atoms with van der Waals surface area (Å²) in [6.07, 6.45) is -1.83. The van der Waals surface area contributed by atoms with Crippen LogP contribution >= 0.6 is 11.6 Å². The van der Waals surface area contributed by atoms with Crippen LogP contribution in [0.25, 0.3) is 0 Å². The lowest BCUT2D eigenvalue weighted by Gasteiger charge is -2.31. The largest absolute Gasteiger partial charge is 0.416 e. The number of anilines is 1. The fraction of sp³-hybridized carbons (Fsp3) is 0.481. The third kappa shape index (κ3) is 9.72. The molecule has 216 valence electrons. The van der Waals surface area contributed by atoms with E-state index in [-0.39, 0.29) is 37.5 Å². The minimum absolute atomic E-state index is 0.0229. The van der Waals surface area contributed by atoms with Crippen molar-refractivity contribution in [2.24, 2.45) is 0 Å². The van der Waals surface area contributed by atoms with Gasteiger partial charge in [0, 0.05) is 31.1 Å². The van der Waals surface area contributed by atoms with Crippen LogP contribution in [0.4, 0.5) is 18.9 Å². The van der Waals surface area contributed by atoms with Gasteiger partial charge in [0.15, 0.2) is 0 Å². The molecule has 0 aliphatic carbocycles. The molecule has 7 nitrogen and oxygen atoms in total. The molecule has 0 aliphatic rings. The van der Waals surface area contributed by atoms with Crippen LogP contribution in [-0.4, -0.2) is 50.5 Å². The Bertz CT molecular complexity index is 1220. The fourth-order valence-electron chi connectivity index (χ4n) is 4.08. The summed E-state index contributed by atoms with van der Waals surface area (Å²) in [5.41, 5.74) is -0.473. The first-order valence-electron chi connectivity index (χ1n) is 12.7. The van der Waals surface area contributed by atoms with Crippen LogP contribution in [0.3, 0.4) is 0 Å². The normalized spacial score (nSPS) is 12.6. The van der Waals surface area contributed by atoms with Gasteiger partial charge in [-0.25, -0.2) is 8.42 Å². The number of hydrogen-bond donors (Lipinski definition) is 1. The lowest BCUT2D eigenvalue weighted by atomic mass is 10.1. The Hall–Kier alpha value is -2.79. The van der Waals surface area contributed by atoms with Crippen LogP contribution in [0.2, 0.25) is 5.02 Å². The molecule has 2 aromatic carbocycles. The van der Waals surface area contributed by atoms with Crippen LogP contribution in [0, 0.1) is 0 Å². The molecule has 39 heavy (non-hydrogen) atoms. The summed E-state index contributed by atoms with van der Waals surface area (Å²) in [5.74, 6) is -0.696. The average molecular weight is 590 g/mol. The zero-order valence-corrected chi connectivity index (χ0v) is 23.9. The van der Waals surface area contributed by atoms with Gasteiger partial charge in [0.25, 0.3) is 0 Å². The Labute approximate surface area is 233 Å². The van der Waals surface area contributed by atoms with Crippen LogP contribution in [0.15, 0.2) is 48.5 Å². The minimum atomic E-state index is -4.64. The highest BCUT2D eigenvalue weighted by molar-refractivity contribution is 7.92. The molecule has 2 rings (SSSR count). The second-order valence-electron chi connectivity index (χ2n) is 9.17. The zero-order valence-electron chi connectivity index (χ0n) is 22.3. The number of nitrogens with zero attached hydrogens (tertiary/aromatic N) is 2. The molecule has 0 saturated heterocycles. The van der Waals surface area contributed by atoms with Crippen molar-refractivity contribution in [3.63, 3.8) is 0 Å². The molecule has 0 spiro atoms. The maximum atomic E-state index is 13.4. The topological polar surface area (TPSA) is 86.8 Å². The number of alkyl halides is 3. The average Bonchev–Trinajstić information content (AvgIpc) is 2.86. The molecule has 0 aromatic heterocycles. The number of sulfonamides is 1. The summed E-state index contributed by atoms with van der Waals surface area (Å²) in [6.45, 7) is 4.11. The maximum Gasteiger partial charge on any atom is 0.416 e. The monoisotopic (exact) mass is 589 g/mol. The summed E-state index contributed by atoms with van der Waals surface area (Å²) in [6, 6.07) is 10.2. The predicted octanol–water partition coefficient (Wildman–Crippen LogP) is 5.63. The minimum Gasteiger partial charge on any atom is -0.354 e. The molecule has 0 heterocycles. The van der Waals surface area contributed by atoms with Crippen LogP contribution in [0.1, 0.15) is 57.1 Å². The first kappa shape index (κ1) is 32.4. The van der Waals surface area contributed by atoms with Gasteiger partial charge in [-0.1, -0.05) is 56.1 Å². The highest BCUT2D eigenvalue weighted by Gasteiger charge is 2.32. The molecule has 1 atom stereocenters. The molecule has 0 radical (unpaired) electrons. The standard InChI is InChI=1S/C27H35ClF3N3O4S/c1-4-6-16-32-26(36)24(5-2)33(19-20-11-7-8-14-23(20)28)25(35)15-10-17-34(39(3,37)38)22-13-9-12-21(18-22)27(29,30)31/h7-9,11-14,18,24H,4-6,10,15-17,19H2,1-3H3,(H,32,36)/t24-/m0/s1. The molecular formula is C27H35ClF3N3O4S. The molecular weight excluding hydrogens is 555 g/mol. The summed E-state index contributed by atoms with van der Waals surface area (Å²) in [7, 11) is -3.94. The molecule has 0 saturated carbocycles. The summed E-state index contributed by atoms with van der Waals surface area (Å²) in [5, 5.41) is 3.29. The summed E-state index contributed by atoms with van der Waals surface area (Å²) >= 11 is 6.32. The Morgan fingerprint density at radius 1 is 1.05 bits per heavy atom. The number of nitrogens with one attached hydrogen (secondary N) is 1. The van der Waals surface area contributed by atoms with Gasteiger partial charge in [-0.05, 0) is 49.1 Å². The van der Waals surface area contributed by atoms with Crippen molar-refractivity contribution >= 4 is 39.1 Å². The van der Waals surface area contributed by atoms with Crippen LogP contribution in [-0.2, 0) is 32.3 Å². The smallest absolute Gasteiger partial charge is 0.354 e. The van der Waals surface area contributed by atoms with E-state index >= 15 is 0 Å². The van der Waals surface area contributed by atoms with E-state index in [2.05, 4.69) is 5.32 Å². The number of halogens is 4. The number of unbranched alkanes of at least 4 members (excludes halogenated alkanes) is 1. The van der Waals surface area contributed by atoms with Gasteiger partial charge in [-0.2, -0.15) is 13.2 Å². The van der Waals surface area contributed by atoms with Crippen LogP contribution in [0.5, 0.6) is 0 Å². The van der Waals surface area contributed by atoms with E-state index in [4.69, 9.17) is 11.6 Å². The van der Waals surface area contributed by atoms with Crippen molar-refractivity contribution in [2.75, 3.05) is 23.7 Å². The van der Waals surface area contributed by atoms with E-state index in [1.807, 2.05) is 6.92 Å². The zero-order chi connectivity index (χ0) is 29.2. The third-order valence-electron chi connectivity index (χ3n) is 6.13. The third-order valence-corrected chi connectivity index (χ3v) is 7.69. The van der Waals surface area contributed by atoms with E-state index in [1.54, 1.807) is 31.2 Å². The van der Waals surface area contributed by atoms with Crippen molar-refractivity contribution in [2.45, 2.75) is 64.7 Å². The van der Waals surface area contributed by atoms with Gasteiger partial charge in [-0.3, -0.25) is 13.9 Å². The van der Waals surface area contributed by atoms with Crippen molar-refractivity contribution in [3.05, 3.63) is 64.7 Å². The van der Waals surface area contributed by atoms with Gasteiger partial charge >= 0.3 is 6.18 Å². The van der Waals surface area contributed by atoms with Crippen molar-refractivity contribution in [3.8, 4) is 0 Å². The van der Waals surface area contributed by atoms with E-state index in [9.17, 15) is 31.2 Å². The number of amides is 2. The Kier molecular flexibility index (Phi) is 12.1. The van der Waals surface area contributed by atoms with E-state index in [0.717, 1.165) is 41.6 Å². The van der Waals surface area contributed by atoms with Gasteiger partial charge in [0.1, 0.15) is 6.04 Å². The first-order valence-corrected chi connectivity index (χ1v) is 15.0. The molecule has 12 heteroatoms. The van der Waals surface area contributed by atoms with E-state index in [0.29, 0.717) is 23.6 Å². The maximum absolute atomic E-state index is 13.4. The van der Waals surface area contributed by atoms with Crippen molar-refractivity contribution in [1.29, 1.82) is 0 Å². The van der Waals surface area contributed by atoms with E-state index in [1.165, 1.54) is 11.0 Å². The Morgan fingerprint density at radius 3 is 2.33 bits per heavy atom. The van der Waals surface area contributed by atoms with Gasteiger partial charge in [-0.15, -0.1) is 0 Å². The van der Waals surface area contributed by atoms with Crippen molar-refractivity contribution < 1.29 is 31.2 Å².